The molecule has 0 saturated carbocycles. The van der Waals surface area contributed by atoms with Crippen molar-refractivity contribution < 1.29 is 13.2 Å². The van der Waals surface area contributed by atoms with E-state index in [-0.39, 0.29) is 22.9 Å². The number of nitrogens with one attached hydrogen (secondary N) is 2. The van der Waals surface area contributed by atoms with Crippen molar-refractivity contribution in [3.8, 4) is 12.3 Å². The summed E-state index contributed by atoms with van der Waals surface area (Å²) < 4.78 is 28.0. The lowest BCUT2D eigenvalue weighted by Crippen LogP contribution is -2.27. The van der Waals surface area contributed by atoms with Crippen molar-refractivity contribution in [1.82, 2.24) is 19.8 Å². The molecule has 1 heterocycles. The van der Waals surface area contributed by atoms with E-state index in [1.165, 1.54) is 18.2 Å². The Hall–Kier alpha value is -2.63. The molecule has 8 heteroatoms. The summed E-state index contributed by atoms with van der Waals surface area (Å²) in [6.45, 7) is 1.05. The largest absolute Gasteiger partial charge is 0.352 e. The van der Waals surface area contributed by atoms with Gasteiger partial charge >= 0.3 is 0 Å². The average molecular weight is 346 g/mol. The monoisotopic (exact) mass is 346 g/mol. The summed E-state index contributed by atoms with van der Waals surface area (Å²) in [6, 6.07) is 7.64. The number of hydrogen-bond acceptors (Lipinski definition) is 4. The van der Waals surface area contributed by atoms with Crippen molar-refractivity contribution in [2.75, 3.05) is 13.1 Å². The molecule has 1 aromatic carbocycles. The van der Waals surface area contributed by atoms with E-state index in [0.717, 1.165) is 6.42 Å². The van der Waals surface area contributed by atoms with E-state index < -0.39 is 10.0 Å². The lowest BCUT2D eigenvalue weighted by atomic mass is 10.2. The number of carbonyl (C=O) groups excluding carboxylic acids is 1. The quantitative estimate of drug-likeness (QED) is 0.541. The summed E-state index contributed by atoms with van der Waals surface area (Å²) in [7, 11) is -3.72. The van der Waals surface area contributed by atoms with Crippen LogP contribution in [0.15, 0.2) is 47.6 Å². The predicted octanol–water partition coefficient (Wildman–Crippen LogP) is 0.615. The average Bonchev–Trinajstić information content (AvgIpc) is 3.10. The molecule has 0 aliphatic rings. The second-order valence-corrected chi connectivity index (χ2v) is 6.70. The fourth-order valence-corrected chi connectivity index (χ4v) is 2.98. The minimum Gasteiger partial charge on any atom is -0.352 e. The topological polar surface area (TPSA) is 93.1 Å². The van der Waals surface area contributed by atoms with Crippen LogP contribution in [0.25, 0.3) is 0 Å². The molecule has 2 rings (SSSR count). The fraction of sp³-hybridized carbons (Fsp3) is 0.250. The van der Waals surface area contributed by atoms with Gasteiger partial charge in [-0.2, -0.15) is 9.82 Å². The zero-order valence-electron chi connectivity index (χ0n) is 13.0. The highest BCUT2D eigenvalue weighted by molar-refractivity contribution is 7.89. The summed E-state index contributed by atoms with van der Waals surface area (Å²) in [5, 5.41) is 6.83. The Bertz CT molecular complexity index is 823. The van der Waals surface area contributed by atoms with Crippen molar-refractivity contribution in [3.63, 3.8) is 0 Å². The number of aromatic nitrogens is 2. The summed E-state index contributed by atoms with van der Waals surface area (Å²) in [5.74, 6) is 1.87. The third kappa shape index (κ3) is 4.94. The zero-order valence-corrected chi connectivity index (χ0v) is 13.8. The molecule has 0 aliphatic carbocycles. The molecule has 1 aromatic heterocycles. The Morgan fingerprint density at radius 2 is 2.17 bits per heavy atom. The molecule has 0 unspecified atom stereocenters. The Kier molecular flexibility index (Phi) is 6.12. The molecular weight excluding hydrogens is 328 g/mol. The van der Waals surface area contributed by atoms with E-state index in [1.807, 2.05) is 12.3 Å². The highest BCUT2D eigenvalue weighted by Gasteiger charge is 2.15. The number of hydrogen-bond donors (Lipinski definition) is 2. The minimum atomic E-state index is -3.72. The number of benzene rings is 1. The Morgan fingerprint density at radius 3 is 2.88 bits per heavy atom. The third-order valence-corrected chi connectivity index (χ3v) is 4.58. The third-order valence-electron chi connectivity index (χ3n) is 3.18. The van der Waals surface area contributed by atoms with Crippen molar-refractivity contribution in [1.29, 1.82) is 0 Å². The molecule has 2 N–H and O–H groups in total. The highest BCUT2D eigenvalue weighted by Crippen LogP contribution is 2.11. The molecule has 0 fully saturated rings. The number of aryl methyl sites for hydroxylation is 1. The van der Waals surface area contributed by atoms with E-state index in [2.05, 4.69) is 21.1 Å². The first-order valence-corrected chi connectivity index (χ1v) is 8.80. The van der Waals surface area contributed by atoms with E-state index >= 15 is 0 Å². The molecular formula is C16H18N4O3S. The Balaban J connectivity index is 1.92. The van der Waals surface area contributed by atoms with Gasteiger partial charge in [-0.3, -0.25) is 9.48 Å². The van der Waals surface area contributed by atoms with Crippen LogP contribution in [-0.4, -0.2) is 37.2 Å². The zero-order chi connectivity index (χ0) is 17.4. The van der Waals surface area contributed by atoms with Crippen LogP contribution in [0.3, 0.4) is 0 Å². The Labute approximate surface area is 141 Å². The van der Waals surface area contributed by atoms with Crippen LogP contribution in [0.1, 0.15) is 16.8 Å². The van der Waals surface area contributed by atoms with Crippen LogP contribution in [0, 0.1) is 12.3 Å². The lowest BCUT2D eigenvalue weighted by Gasteiger charge is -2.08. The molecule has 1 amide bonds. The first kappa shape index (κ1) is 17.7. The molecule has 0 saturated heterocycles. The van der Waals surface area contributed by atoms with Crippen LogP contribution >= 0.6 is 0 Å². The number of terminal acetylenes is 1. The SMILES string of the molecule is C#CCNS(=O)(=O)c1cccc(C(=O)NCCCn2cccn2)c1. The first-order valence-electron chi connectivity index (χ1n) is 7.32. The van der Waals surface area contributed by atoms with Gasteiger partial charge in [-0.25, -0.2) is 8.42 Å². The molecule has 0 atom stereocenters. The molecule has 7 nitrogen and oxygen atoms in total. The molecule has 2 aromatic rings. The normalized spacial score (nSPS) is 11.0. The van der Waals surface area contributed by atoms with E-state index in [0.29, 0.717) is 13.1 Å². The van der Waals surface area contributed by atoms with E-state index in [9.17, 15) is 13.2 Å². The number of nitrogens with zero attached hydrogens (tertiary/aromatic N) is 2. The lowest BCUT2D eigenvalue weighted by molar-refractivity contribution is 0.0952. The minimum absolute atomic E-state index is 0.00180. The van der Waals surface area contributed by atoms with Crippen molar-refractivity contribution in [2.24, 2.45) is 0 Å². The standard InChI is InChI=1S/C16H18N4O3S/c1-2-8-19-24(22,23)15-7-3-6-14(13-15)16(21)17-9-4-11-20-12-5-10-18-20/h1,3,5-7,10,12-13,19H,4,8-9,11H2,(H,17,21). The van der Waals surface area contributed by atoms with Crippen LogP contribution in [0.5, 0.6) is 0 Å². The second-order valence-electron chi connectivity index (χ2n) is 4.94. The predicted molar refractivity (Wildman–Crippen MR) is 89.6 cm³/mol. The smallest absolute Gasteiger partial charge is 0.251 e. The highest BCUT2D eigenvalue weighted by atomic mass is 32.2. The maximum atomic E-state index is 12.1. The number of rotatable bonds is 8. The van der Waals surface area contributed by atoms with Crippen molar-refractivity contribution in [3.05, 3.63) is 48.3 Å². The van der Waals surface area contributed by atoms with Gasteiger partial charge in [-0.1, -0.05) is 12.0 Å². The second kappa shape index (κ2) is 8.29. The molecule has 0 bridgehead atoms. The molecule has 0 radical (unpaired) electrons. The molecule has 126 valence electrons. The number of carbonyl (C=O) groups is 1. The van der Waals surface area contributed by atoms with Gasteiger partial charge in [0.1, 0.15) is 0 Å². The molecule has 24 heavy (non-hydrogen) atoms. The van der Waals surface area contributed by atoms with E-state index in [1.54, 1.807) is 16.9 Å². The maximum absolute atomic E-state index is 12.1. The van der Waals surface area contributed by atoms with Gasteiger partial charge in [-0.05, 0) is 30.7 Å². The van der Waals surface area contributed by atoms with Crippen molar-refractivity contribution >= 4 is 15.9 Å². The van der Waals surface area contributed by atoms with Gasteiger partial charge < -0.3 is 5.32 Å². The van der Waals surface area contributed by atoms with Gasteiger partial charge in [0.15, 0.2) is 0 Å². The van der Waals surface area contributed by atoms with Crippen LogP contribution in [-0.2, 0) is 16.6 Å². The van der Waals surface area contributed by atoms with Gasteiger partial charge in [-0.15, -0.1) is 6.42 Å². The maximum Gasteiger partial charge on any atom is 0.251 e. The van der Waals surface area contributed by atoms with Gasteiger partial charge in [0.25, 0.3) is 5.91 Å². The van der Waals surface area contributed by atoms with E-state index in [4.69, 9.17) is 6.42 Å². The summed E-state index contributed by atoms with van der Waals surface area (Å²) in [4.78, 5) is 12.1. The number of amides is 1. The van der Waals surface area contributed by atoms with Crippen LogP contribution in [0.4, 0.5) is 0 Å². The molecule has 0 spiro atoms. The summed E-state index contributed by atoms with van der Waals surface area (Å²) in [5.41, 5.74) is 0.276. The van der Waals surface area contributed by atoms with Crippen LogP contribution in [0.2, 0.25) is 0 Å². The van der Waals surface area contributed by atoms with Gasteiger partial charge in [0.05, 0.1) is 11.4 Å². The van der Waals surface area contributed by atoms with Crippen molar-refractivity contribution in [2.45, 2.75) is 17.9 Å². The summed E-state index contributed by atoms with van der Waals surface area (Å²) in [6.07, 6.45) is 9.30. The summed E-state index contributed by atoms with van der Waals surface area (Å²) >= 11 is 0. The number of sulfonamides is 1. The Morgan fingerprint density at radius 1 is 1.33 bits per heavy atom. The fourth-order valence-electron chi connectivity index (χ4n) is 2.00. The molecule has 0 aliphatic heterocycles. The van der Waals surface area contributed by atoms with Gasteiger partial charge in [0, 0.05) is 31.0 Å². The first-order chi connectivity index (χ1) is 11.5. The van der Waals surface area contributed by atoms with Crippen LogP contribution < -0.4 is 10.0 Å². The van der Waals surface area contributed by atoms with Gasteiger partial charge in [0.2, 0.25) is 10.0 Å².